The lowest BCUT2D eigenvalue weighted by Gasteiger charge is -2.51. The van der Waals surface area contributed by atoms with Gasteiger partial charge in [-0.15, -0.1) is 5.10 Å². The predicted octanol–water partition coefficient (Wildman–Crippen LogP) is 3.02. The minimum Gasteiger partial charge on any atom is -0.459 e. The van der Waals surface area contributed by atoms with Gasteiger partial charge in [-0.3, -0.25) is 14.5 Å². The summed E-state index contributed by atoms with van der Waals surface area (Å²) in [4.78, 5) is 22.7. The smallest absolute Gasteiger partial charge is 0.309 e. The lowest BCUT2D eigenvalue weighted by atomic mass is 9.68. The van der Waals surface area contributed by atoms with Crippen LogP contribution in [0.1, 0.15) is 106 Å². The molecule has 17 heteroatoms. The van der Waals surface area contributed by atoms with Crippen molar-refractivity contribution in [2.24, 2.45) is 23.7 Å². The van der Waals surface area contributed by atoms with Crippen LogP contribution in [-0.2, 0) is 47.9 Å². The number of methoxy groups -OCH3 is 1. The number of likely N-dealkylation sites (N-methyl/N-ethyl adjacent to an activating group) is 2. The summed E-state index contributed by atoms with van der Waals surface area (Å²) < 4.78 is 34.0. The van der Waals surface area contributed by atoms with Gasteiger partial charge in [0.25, 0.3) is 0 Å². The molecule has 0 saturated carbocycles. The number of aliphatic hydroxyl groups is 5. The van der Waals surface area contributed by atoms with Gasteiger partial charge in [-0.05, 0) is 111 Å². The molecule has 0 aromatic carbocycles. The van der Waals surface area contributed by atoms with Crippen LogP contribution >= 0.6 is 0 Å². The topological polar surface area (TPSA) is 214 Å². The zero-order valence-corrected chi connectivity index (χ0v) is 41.3. The van der Waals surface area contributed by atoms with Crippen molar-refractivity contribution in [3.63, 3.8) is 0 Å². The highest BCUT2D eigenvalue weighted by Crippen LogP contribution is 2.45. The molecule has 370 valence electrons. The van der Waals surface area contributed by atoms with Gasteiger partial charge in [0.2, 0.25) is 0 Å². The maximum absolute atomic E-state index is 14.6. The first-order valence-corrected chi connectivity index (χ1v) is 23.8. The van der Waals surface area contributed by atoms with Crippen molar-refractivity contribution in [2.75, 3.05) is 34.3 Å². The van der Waals surface area contributed by atoms with E-state index in [2.05, 4.69) is 20.2 Å². The van der Waals surface area contributed by atoms with E-state index in [9.17, 15) is 30.3 Å². The Labute approximate surface area is 387 Å². The van der Waals surface area contributed by atoms with Crippen molar-refractivity contribution in [3.8, 4) is 0 Å². The number of hydrogen-bond donors (Lipinski definition) is 5. The van der Waals surface area contributed by atoms with E-state index in [1.165, 1.54) is 19.6 Å². The number of carbonyl (C=O) groups excluding carboxylic acids is 1. The molecule has 3 saturated heterocycles. The van der Waals surface area contributed by atoms with E-state index < -0.39 is 95.6 Å². The predicted molar refractivity (Wildman–Crippen MR) is 243 cm³/mol. The highest BCUT2D eigenvalue weighted by atomic mass is 16.7. The van der Waals surface area contributed by atoms with Gasteiger partial charge in [0.05, 0.1) is 47.2 Å². The fourth-order valence-electron chi connectivity index (χ4n) is 11.0. The number of ether oxygens (including phenoxy) is 5. The SMILES string of the molecule is CC[C@H]1OC(=O)[C@H](C)[C@@H](C2C[C@@](C)(OC)[C@@H](O)[C@H](C)O2)[C@H](C)[C@@H](O[C@@H]2O[C@H](C)C[C@H](N(C)CCc3cn(CCc4ccncc4)nn3)[C@H]2O)[C@](C)(O)C[C@@H](C)CN(C)[C@H](C)[C@@H](O)[C@]1(C)O. The first-order chi connectivity index (χ1) is 30.4. The van der Waals surface area contributed by atoms with E-state index in [1.54, 1.807) is 40.1 Å². The number of cyclic esters (lactones) is 1. The van der Waals surface area contributed by atoms with Gasteiger partial charge < -0.3 is 59.0 Å². The summed E-state index contributed by atoms with van der Waals surface area (Å²) >= 11 is 0. The van der Waals surface area contributed by atoms with E-state index >= 15 is 0 Å². The molecule has 0 spiro atoms. The van der Waals surface area contributed by atoms with Crippen LogP contribution in [0, 0.1) is 23.7 Å². The van der Waals surface area contributed by atoms with Crippen molar-refractivity contribution in [1.82, 2.24) is 29.8 Å². The van der Waals surface area contributed by atoms with Gasteiger partial charge >= 0.3 is 5.97 Å². The van der Waals surface area contributed by atoms with Crippen molar-refractivity contribution in [2.45, 2.75) is 198 Å². The van der Waals surface area contributed by atoms with Gasteiger partial charge in [-0.25, -0.2) is 0 Å². The third kappa shape index (κ3) is 12.5. The van der Waals surface area contributed by atoms with Crippen molar-refractivity contribution in [1.29, 1.82) is 0 Å². The molecule has 18 atom stereocenters. The van der Waals surface area contributed by atoms with Gasteiger partial charge in [0.15, 0.2) is 6.29 Å². The molecule has 5 rings (SSSR count). The zero-order chi connectivity index (χ0) is 48.2. The van der Waals surface area contributed by atoms with Crippen LogP contribution in [0.15, 0.2) is 30.7 Å². The summed E-state index contributed by atoms with van der Waals surface area (Å²) in [5, 5.41) is 68.6. The highest BCUT2D eigenvalue weighted by Gasteiger charge is 2.55. The van der Waals surface area contributed by atoms with E-state index in [0.29, 0.717) is 32.5 Å². The maximum atomic E-state index is 14.6. The van der Waals surface area contributed by atoms with Crippen molar-refractivity contribution in [3.05, 3.63) is 42.0 Å². The molecule has 0 bridgehead atoms. The van der Waals surface area contributed by atoms with Gasteiger partial charge in [0.1, 0.15) is 30.0 Å². The maximum Gasteiger partial charge on any atom is 0.309 e. The minimum absolute atomic E-state index is 0.157. The standard InChI is InChI=1S/C48H82N6O11/c1-14-38-48(10,60)41(56)32(6)53(12)26-28(2)24-46(8,59)43(30(4)39(31(5)44(58)64-38)37-25-47(9,61-13)42(57)33(7)63-37)65-45-40(55)36(23-29(3)62-45)52(11)21-18-35-27-54(51-50-35)22-17-34-15-19-49-20-16-34/h15-16,19-20,27-33,36-43,45,55-57,59-60H,14,17-18,21-26H2,1-13H3/t28-,29-,30+,31-,32-,33+,36+,37?,38-,39+,40-,41-,42+,43-,45+,46-,47-,48-/m1/s1. The van der Waals surface area contributed by atoms with Crippen LogP contribution in [0.3, 0.4) is 0 Å². The fourth-order valence-corrected chi connectivity index (χ4v) is 11.0. The Hall–Kier alpha value is -2.68. The summed E-state index contributed by atoms with van der Waals surface area (Å²) in [5.41, 5.74) is -2.41. The second-order valence-corrected chi connectivity index (χ2v) is 20.6. The molecule has 3 fully saturated rings. The Kier molecular flexibility index (Phi) is 18.2. The molecule has 0 aliphatic carbocycles. The average molecular weight is 919 g/mol. The van der Waals surface area contributed by atoms with E-state index in [1.807, 2.05) is 76.6 Å². The highest BCUT2D eigenvalue weighted by molar-refractivity contribution is 5.73. The molecule has 65 heavy (non-hydrogen) atoms. The van der Waals surface area contributed by atoms with Crippen LogP contribution < -0.4 is 0 Å². The van der Waals surface area contributed by atoms with Gasteiger partial charge in [-0.1, -0.05) is 32.9 Å². The second kappa shape index (κ2) is 22.2. The number of nitrogens with zero attached hydrogens (tertiary/aromatic N) is 6. The number of hydrogen-bond acceptors (Lipinski definition) is 16. The quantitative estimate of drug-likeness (QED) is 0.194. The summed E-state index contributed by atoms with van der Waals surface area (Å²) in [5.74, 6) is -3.06. The lowest BCUT2D eigenvalue weighted by molar-refractivity contribution is -0.302. The Bertz CT molecular complexity index is 1790. The van der Waals surface area contributed by atoms with Crippen molar-refractivity contribution >= 4 is 5.97 Å². The summed E-state index contributed by atoms with van der Waals surface area (Å²) in [6, 6.07) is 3.05. The van der Waals surface area contributed by atoms with Crippen molar-refractivity contribution < 1.29 is 54.0 Å². The van der Waals surface area contributed by atoms with Crippen LogP contribution in [-0.4, -0.2) is 180 Å². The molecule has 0 amide bonds. The number of esters is 1. The molecular formula is C48H82N6O11. The van der Waals surface area contributed by atoms with Gasteiger partial charge in [-0.2, -0.15) is 0 Å². The molecule has 3 aliphatic rings. The zero-order valence-electron chi connectivity index (χ0n) is 41.3. The van der Waals surface area contributed by atoms with E-state index in [0.717, 1.165) is 12.1 Å². The van der Waals surface area contributed by atoms with Crippen LogP contribution in [0.25, 0.3) is 0 Å². The van der Waals surface area contributed by atoms with Crippen LogP contribution in [0.4, 0.5) is 0 Å². The van der Waals surface area contributed by atoms with Gasteiger partial charge in [0, 0.05) is 76.2 Å². The molecular weight excluding hydrogens is 837 g/mol. The molecule has 1 unspecified atom stereocenters. The monoisotopic (exact) mass is 919 g/mol. The molecule has 3 aliphatic heterocycles. The first-order valence-electron chi connectivity index (χ1n) is 23.8. The van der Waals surface area contributed by atoms with E-state index in [4.69, 9.17) is 23.7 Å². The molecule has 5 heterocycles. The second-order valence-electron chi connectivity index (χ2n) is 20.6. The number of carbonyl (C=O) groups is 1. The third-order valence-corrected chi connectivity index (χ3v) is 15.1. The number of pyridine rings is 1. The van der Waals surface area contributed by atoms with Crippen LogP contribution in [0.5, 0.6) is 0 Å². The van der Waals surface area contributed by atoms with Crippen LogP contribution in [0.2, 0.25) is 0 Å². The number of aromatic nitrogens is 4. The summed E-state index contributed by atoms with van der Waals surface area (Å²) in [6.07, 6.45) is -0.210. The Morgan fingerprint density at radius 3 is 2.29 bits per heavy atom. The first kappa shape index (κ1) is 53.3. The molecule has 2 aromatic heterocycles. The molecule has 0 radical (unpaired) electrons. The number of rotatable bonds is 12. The Balaban J connectivity index is 1.47. The molecule has 5 N–H and O–H groups in total. The normalized spacial score (nSPS) is 42.0. The minimum atomic E-state index is -1.80. The number of aliphatic hydroxyl groups excluding tert-OH is 3. The third-order valence-electron chi connectivity index (χ3n) is 15.1. The fraction of sp³-hybridized carbons (Fsp3) is 0.833. The average Bonchev–Trinajstić information content (AvgIpc) is 3.72. The summed E-state index contributed by atoms with van der Waals surface area (Å²) in [6.45, 7) is 19.7. The lowest BCUT2D eigenvalue weighted by Crippen LogP contribution is -2.62. The number of aryl methyl sites for hydroxylation is 2. The molecule has 2 aromatic rings. The summed E-state index contributed by atoms with van der Waals surface area (Å²) in [7, 11) is 5.35. The van der Waals surface area contributed by atoms with E-state index in [-0.39, 0.29) is 37.3 Å². The Morgan fingerprint density at radius 2 is 1.65 bits per heavy atom. The Morgan fingerprint density at radius 1 is 0.969 bits per heavy atom. The largest absolute Gasteiger partial charge is 0.459 e. The molecule has 17 nitrogen and oxygen atoms in total.